The summed E-state index contributed by atoms with van der Waals surface area (Å²) in [6.07, 6.45) is 5.18. The molecule has 2 heterocycles. The molecule has 0 atom stereocenters. The van der Waals surface area contributed by atoms with E-state index in [9.17, 15) is 0 Å². The number of methoxy groups -OCH3 is 1. The third-order valence-electron chi connectivity index (χ3n) is 3.32. The van der Waals surface area contributed by atoms with Gasteiger partial charge < -0.3 is 15.0 Å². The summed E-state index contributed by atoms with van der Waals surface area (Å²) in [6.45, 7) is 0.844. The molecular formula is C15H17N5O. The van der Waals surface area contributed by atoms with Crippen LogP contribution in [0.4, 0.5) is 5.82 Å². The molecule has 0 aliphatic carbocycles. The van der Waals surface area contributed by atoms with E-state index in [-0.39, 0.29) is 0 Å². The van der Waals surface area contributed by atoms with Crippen LogP contribution in [-0.2, 0) is 6.42 Å². The van der Waals surface area contributed by atoms with Crippen LogP contribution in [0.25, 0.3) is 11.2 Å². The van der Waals surface area contributed by atoms with Crippen molar-refractivity contribution in [3.05, 3.63) is 42.5 Å². The van der Waals surface area contributed by atoms with Crippen molar-refractivity contribution < 1.29 is 4.74 Å². The Morgan fingerprint density at radius 2 is 2.00 bits per heavy atom. The predicted molar refractivity (Wildman–Crippen MR) is 81.5 cm³/mol. The number of nitrogens with zero attached hydrogens (tertiary/aromatic N) is 3. The fraction of sp³-hybridized carbons (Fsp3) is 0.267. The number of aryl methyl sites for hydroxylation is 1. The van der Waals surface area contributed by atoms with E-state index in [1.165, 1.54) is 11.9 Å². The maximum Gasteiger partial charge on any atom is 0.182 e. The average Bonchev–Trinajstić information content (AvgIpc) is 3.01. The Morgan fingerprint density at radius 3 is 2.81 bits per heavy atom. The lowest BCUT2D eigenvalue weighted by Gasteiger charge is -2.06. The van der Waals surface area contributed by atoms with Crippen LogP contribution in [0.15, 0.2) is 36.9 Å². The molecule has 2 aromatic heterocycles. The Labute approximate surface area is 122 Å². The molecule has 0 fully saturated rings. The van der Waals surface area contributed by atoms with E-state index in [1.807, 2.05) is 12.1 Å². The number of hydrogen-bond acceptors (Lipinski definition) is 5. The highest BCUT2D eigenvalue weighted by molar-refractivity contribution is 5.81. The number of imidazole rings is 1. The quantitative estimate of drug-likeness (QED) is 0.679. The van der Waals surface area contributed by atoms with Gasteiger partial charge in [-0.25, -0.2) is 15.0 Å². The van der Waals surface area contributed by atoms with Gasteiger partial charge in [-0.05, 0) is 30.5 Å². The average molecular weight is 283 g/mol. The molecule has 0 spiro atoms. The third kappa shape index (κ3) is 3.10. The third-order valence-corrected chi connectivity index (χ3v) is 3.32. The molecule has 6 nitrogen and oxygen atoms in total. The van der Waals surface area contributed by atoms with E-state index >= 15 is 0 Å². The second-order valence-electron chi connectivity index (χ2n) is 4.70. The fourth-order valence-electron chi connectivity index (χ4n) is 2.19. The van der Waals surface area contributed by atoms with Gasteiger partial charge >= 0.3 is 0 Å². The van der Waals surface area contributed by atoms with Gasteiger partial charge in [-0.3, -0.25) is 0 Å². The van der Waals surface area contributed by atoms with Crippen LogP contribution in [0.5, 0.6) is 5.75 Å². The Morgan fingerprint density at radius 1 is 1.14 bits per heavy atom. The molecule has 0 bridgehead atoms. The maximum absolute atomic E-state index is 5.15. The highest BCUT2D eigenvalue weighted by Crippen LogP contribution is 2.15. The van der Waals surface area contributed by atoms with Crippen LogP contribution in [-0.4, -0.2) is 33.6 Å². The Hall–Kier alpha value is -2.63. The minimum absolute atomic E-state index is 0.683. The van der Waals surface area contributed by atoms with Crippen LogP contribution < -0.4 is 10.1 Å². The van der Waals surface area contributed by atoms with Crippen molar-refractivity contribution in [1.29, 1.82) is 0 Å². The second-order valence-corrected chi connectivity index (χ2v) is 4.70. The predicted octanol–water partition coefficient (Wildman–Crippen LogP) is 2.41. The van der Waals surface area contributed by atoms with Gasteiger partial charge in [0.05, 0.1) is 13.4 Å². The van der Waals surface area contributed by atoms with E-state index in [4.69, 9.17) is 4.74 Å². The first-order valence-corrected chi connectivity index (χ1v) is 6.87. The smallest absolute Gasteiger partial charge is 0.182 e. The van der Waals surface area contributed by atoms with E-state index in [1.54, 1.807) is 13.4 Å². The topological polar surface area (TPSA) is 75.7 Å². The highest BCUT2D eigenvalue weighted by atomic mass is 16.5. The van der Waals surface area contributed by atoms with Crippen LogP contribution in [0.3, 0.4) is 0 Å². The van der Waals surface area contributed by atoms with Gasteiger partial charge in [-0.15, -0.1) is 0 Å². The lowest BCUT2D eigenvalue weighted by atomic mass is 10.1. The summed E-state index contributed by atoms with van der Waals surface area (Å²) in [5, 5.41) is 3.32. The van der Waals surface area contributed by atoms with Gasteiger partial charge in [0, 0.05) is 6.54 Å². The summed E-state index contributed by atoms with van der Waals surface area (Å²) in [5.74, 6) is 1.69. The first-order valence-electron chi connectivity index (χ1n) is 6.87. The van der Waals surface area contributed by atoms with Crippen molar-refractivity contribution >= 4 is 17.0 Å². The molecule has 3 aromatic rings. The summed E-state index contributed by atoms with van der Waals surface area (Å²) in [5.41, 5.74) is 2.83. The van der Waals surface area contributed by atoms with Crippen molar-refractivity contribution in [2.45, 2.75) is 12.8 Å². The molecule has 0 aliphatic rings. The number of anilines is 1. The van der Waals surface area contributed by atoms with E-state index in [0.29, 0.717) is 5.65 Å². The van der Waals surface area contributed by atoms with Crippen LogP contribution in [0.1, 0.15) is 12.0 Å². The molecule has 0 radical (unpaired) electrons. The van der Waals surface area contributed by atoms with Crippen LogP contribution >= 0.6 is 0 Å². The summed E-state index contributed by atoms with van der Waals surface area (Å²) in [7, 11) is 1.68. The SMILES string of the molecule is COc1ccc(CCCNc2ncnc3nc[nH]c23)cc1. The summed E-state index contributed by atoms with van der Waals surface area (Å²) >= 11 is 0. The molecule has 21 heavy (non-hydrogen) atoms. The molecule has 0 aliphatic heterocycles. The number of rotatable bonds is 6. The molecule has 0 saturated carbocycles. The van der Waals surface area contributed by atoms with Crippen molar-refractivity contribution in [1.82, 2.24) is 19.9 Å². The van der Waals surface area contributed by atoms with E-state index < -0.39 is 0 Å². The number of aromatic nitrogens is 4. The van der Waals surface area contributed by atoms with Crippen LogP contribution in [0, 0.1) is 0 Å². The fourth-order valence-corrected chi connectivity index (χ4v) is 2.19. The maximum atomic E-state index is 5.15. The van der Waals surface area contributed by atoms with Gasteiger partial charge in [-0.2, -0.15) is 0 Å². The molecule has 3 rings (SSSR count). The molecule has 0 unspecified atom stereocenters. The minimum atomic E-state index is 0.683. The van der Waals surface area contributed by atoms with E-state index in [0.717, 1.165) is 36.5 Å². The number of ether oxygens (including phenoxy) is 1. The Balaban J connectivity index is 1.53. The lowest BCUT2D eigenvalue weighted by molar-refractivity contribution is 0.414. The van der Waals surface area contributed by atoms with Gasteiger partial charge in [0.25, 0.3) is 0 Å². The van der Waals surface area contributed by atoms with Gasteiger partial charge in [0.15, 0.2) is 11.5 Å². The first-order chi connectivity index (χ1) is 10.4. The minimum Gasteiger partial charge on any atom is -0.497 e. The van der Waals surface area contributed by atoms with Gasteiger partial charge in [0.2, 0.25) is 0 Å². The zero-order chi connectivity index (χ0) is 14.5. The number of aromatic amines is 1. The van der Waals surface area contributed by atoms with Crippen molar-refractivity contribution in [3.8, 4) is 5.75 Å². The van der Waals surface area contributed by atoms with Crippen molar-refractivity contribution in [2.24, 2.45) is 0 Å². The van der Waals surface area contributed by atoms with Crippen LogP contribution in [0.2, 0.25) is 0 Å². The molecule has 2 N–H and O–H groups in total. The zero-order valence-corrected chi connectivity index (χ0v) is 11.8. The number of fused-ring (bicyclic) bond motifs is 1. The van der Waals surface area contributed by atoms with Crippen molar-refractivity contribution in [3.63, 3.8) is 0 Å². The Kier molecular flexibility index (Phi) is 3.95. The molecule has 0 amide bonds. The number of hydrogen-bond donors (Lipinski definition) is 2. The summed E-state index contributed by atoms with van der Waals surface area (Å²) in [4.78, 5) is 15.5. The van der Waals surface area contributed by atoms with E-state index in [2.05, 4.69) is 37.4 Å². The zero-order valence-electron chi connectivity index (χ0n) is 11.8. The normalized spacial score (nSPS) is 10.7. The molecular weight excluding hydrogens is 266 g/mol. The number of nitrogens with one attached hydrogen (secondary N) is 2. The molecule has 1 aromatic carbocycles. The Bertz CT molecular complexity index is 707. The monoisotopic (exact) mass is 283 g/mol. The molecule has 6 heteroatoms. The summed E-state index contributed by atoms with van der Waals surface area (Å²) < 4.78 is 5.15. The standard InChI is InChI=1S/C15H17N5O/c1-21-12-6-4-11(5-7-12)3-2-8-16-14-13-15(18-9-17-13)20-10-19-14/h4-7,9-10H,2-3,8H2,1H3,(H2,16,17,18,19,20). The first kappa shape index (κ1) is 13.4. The largest absolute Gasteiger partial charge is 0.497 e. The number of benzene rings is 1. The van der Waals surface area contributed by atoms with Crippen molar-refractivity contribution in [2.75, 3.05) is 19.0 Å². The van der Waals surface area contributed by atoms with Gasteiger partial charge in [0.1, 0.15) is 17.6 Å². The molecule has 0 saturated heterocycles. The van der Waals surface area contributed by atoms with Gasteiger partial charge in [-0.1, -0.05) is 12.1 Å². The number of H-pyrrole nitrogens is 1. The molecule has 108 valence electrons. The summed E-state index contributed by atoms with van der Waals surface area (Å²) in [6, 6.07) is 8.16. The lowest BCUT2D eigenvalue weighted by Crippen LogP contribution is -2.05. The second kappa shape index (κ2) is 6.21. The highest BCUT2D eigenvalue weighted by Gasteiger charge is 2.04.